The lowest BCUT2D eigenvalue weighted by Gasteiger charge is -2.26. The third kappa shape index (κ3) is 6.08. The van der Waals surface area contributed by atoms with Crippen LogP contribution >= 0.6 is 15.9 Å². The molecule has 2 aromatic rings. The molecule has 0 bridgehead atoms. The summed E-state index contributed by atoms with van der Waals surface area (Å²) in [6, 6.07) is 12.9. The van der Waals surface area contributed by atoms with E-state index in [0.717, 1.165) is 15.6 Å². The molecule has 0 saturated carbocycles. The predicted molar refractivity (Wildman–Crippen MR) is 107 cm³/mol. The lowest BCUT2D eigenvalue weighted by atomic mass is 10.1. The number of nitrogens with zero attached hydrogens (tertiary/aromatic N) is 3. The first-order valence-corrected chi connectivity index (χ1v) is 9.28. The van der Waals surface area contributed by atoms with Crippen LogP contribution < -0.4 is 5.01 Å². The second-order valence-electron chi connectivity index (χ2n) is 6.32. The molecule has 0 amide bonds. The van der Waals surface area contributed by atoms with Gasteiger partial charge >= 0.3 is 0 Å². The second-order valence-corrected chi connectivity index (χ2v) is 7.24. The van der Waals surface area contributed by atoms with Gasteiger partial charge in [-0.25, -0.2) is 5.01 Å². The van der Waals surface area contributed by atoms with Gasteiger partial charge in [0.25, 0.3) is 0 Å². The van der Waals surface area contributed by atoms with Gasteiger partial charge in [-0.05, 0) is 61.4 Å². The number of aliphatic hydroxyl groups excluding tert-OH is 4. The van der Waals surface area contributed by atoms with Gasteiger partial charge in [-0.2, -0.15) is 0 Å². The quantitative estimate of drug-likeness (QED) is 0.374. The maximum Gasteiger partial charge on any atom is 0.110 e. The summed E-state index contributed by atoms with van der Waals surface area (Å²) in [7, 11) is 0. The van der Waals surface area contributed by atoms with Gasteiger partial charge in [-0.15, -0.1) is 5.11 Å². The van der Waals surface area contributed by atoms with Gasteiger partial charge in [0.05, 0.1) is 24.5 Å². The summed E-state index contributed by atoms with van der Waals surface area (Å²) in [5, 5.41) is 48.5. The van der Waals surface area contributed by atoms with E-state index in [0.29, 0.717) is 11.4 Å². The summed E-state index contributed by atoms with van der Waals surface area (Å²) in [6.07, 6.45) is -4.28. The molecule has 7 nitrogen and oxygen atoms in total. The topological polar surface area (TPSA) is 109 Å². The zero-order chi connectivity index (χ0) is 20.0. The highest BCUT2D eigenvalue weighted by atomic mass is 79.9. The summed E-state index contributed by atoms with van der Waals surface area (Å²) >= 11 is 3.36. The third-order valence-corrected chi connectivity index (χ3v) is 4.75. The van der Waals surface area contributed by atoms with Crippen LogP contribution in [0.4, 0.5) is 11.4 Å². The van der Waals surface area contributed by atoms with E-state index in [4.69, 9.17) is 5.11 Å². The average molecular weight is 438 g/mol. The lowest BCUT2D eigenvalue weighted by Crippen LogP contribution is -2.44. The van der Waals surface area contributed by atoms with Crippen LogP contribution in [0, 0.1) is 13.8 Å². The van der Waals surface area contributed by atoms with Crippen LogP contribution in [-0.2, 0) is 0 Å². The molecule has 2 rings (SSSR count). The molecular formula is C19H24BrN3O4. The number of aryl methyl sites for hydroxylation is 2. The molecule has 0 saturated heterocycles. The first-order chi connectivity index (χ1) is 12.8. The second kappa shape index (κ2) is 9.91. The molecule has 0 heterocycles. The summed E-state index contributed by atoms with van der Waals surface area (Å²) in [5.74, 6) is 0. The smallest absolute Gasteiger partial charge is 0.110 e. The van der Waals surface area contributed by atoms with Crippen molar-refractivity contribution in [2.45, 2.75) is 32.2 Å². The van der Waals surface area contributed by atoms with E-state index in [1.807, 2.05) is 44.2 Å². The van der Waals surface area contributed by atoms with Gasteiger partial charge in [-0.3, -0.25) is 0 Å². The maximum absolute atomic E-state index is 10.2. The molecular weight excluding hydrogens is 414 g/mol. The summed E-state index contributed by atoms with van der Waals surface area (Å²) in [6.45, 7) is 3.19. The normalized spacial score (nSPS) is 14.9. The lowest BCUT2D eigenvalue weighted by molar-refractivity contribution is -0.0732. The molecule has 8 heteroatoms. The minimum Gasteiger partial charge on any atom is -0.394 e. The first-order valence-electron chi connectivity index (χ1n) is 8.49. The molecule has 146 valence electrons. The van der Waals surface area contributed by atoms with Gasteiger partial charge in [0.15, 0.2) is 0 Å². The average Bonchev–Trinajstić information content (AvgIpc) is 2.67. The van der Waals surface area contributed by atoms with E-state index in [1.54, 1.807) is 12.1 Å². The van der Waals surface area contributed by atoms with Gasteiger partial charge in [0, 0.05) is 4.47 Å². The van der Waals surface area contributed by atoms with Crippen LogP contribution in [0.5, 0.6) is 0 Å². The van der Waals surface area contributed by atoms with Gasteiger partial charge in [-0.1, -0.05) is 27.2 Å². The number of hydrogen-bond acceptors (Lipinski definition) is 6. The summed E-state index contributed by atoms with van der Waals surface area (Å²) in [5.41, 5.74) is 3.46. The fourth-order valence-electron chi connectivity index (χ4n) is 2.34. The van der Waals surface area contributed by atoms with Crippen LogP contribution in [0.25, 0.3) is 0 Å². The third-order valence-electron chi connectivity index (χ3n) is 4.22. The molecule has 2 aromatic carbocycles. The van der Waals surface area contributed by atoms with Crippen LogP contribution in [-0.4, -0.2) is 51.9 Å². The minimum absolute atomic E-state index is 0.110. The highest BCUT2D eigenvalue weighted by Gasteiger charge is 2.26. The van der Waals surface area contributed by atoms with Crippen molar-refractivity contribution >= 4 is 27.3 Å². The number of hydrogen-bond donors (Lipinski definition) is 4. The molecule has 0 fully saturated rings. The molecule has 0 aliphatic heterocycles. The Morgan fingerprint density at radius 1 is 0.963 bits per heavy atom. The monoisotopic (exact) mass is 437 g/mol. The largest absolute Gasteiger partial charge is 0.394 e. The van der Waals surface area contributed by atoms with E-state index < -0.39 is 24.9 Å². The molecule has 0 spiro atoms. The van der Waals surface area contributed by atoms with Gasteiger partial charge in [0.2, 0.25) is 0 Å². The molecule has 27 heavy (non-hydrogen) atoms. The number of aliphatic hydroxyl groups is 4. The van der Waals surface area contributed by atoms with Crippen molar-refractivity contribution in [1.82, 2.24) is 0 Å². The van der Waals surface area contributed by atoms with Crippen molar-refractivity contribution in [3.63, 3.8) is 0 Å². The number of halogens is 1. The zero-order valence-corrected chi connectivity index (χ0v) is 16.8. The van der Waals surface area contributed by atoms with E-state index in [2.05, 4.69) is 26.3 Å². The van der Waals surface area contributed by atoms with Gasteiger partial charge < -0.3 is 20.4 Å². The molecule has 0 aromatic heterocycles. The highest BCUT2D eigenvalue weighted by Crippen LogP contribution is 2.23. The zero-order valence-electron chi connectivity index (χ0n) is 15.2. The summed E-state index contributed by atoms with van der Waals surface area (Å²) in [4.78, 5) is 0. The highest BCUT2D eigenvalue weighted by molar-refractivity contribution is 9.10. The van der Waals surface area contributed by atoms with E-state index in [1.165, 1.54) is 5.01 Å². The van der Waals surface area contributed by atoms with Gasteiger partial charge in [0.1, 0.15) is 18.3 Å². The van der Waals surface area contributed by atoms with Crippen molar-refractivity contribution in [3.05, 3.63) is 58.1 Å². The molecule has 0 radical (unpaired) electrons. The van der Waals surface area contributed by atoms with E-state index in [9.17, 15) is 15.3 Å². The van der Waals surface area contributed by atoms with Crippen LogP contribution in [0.3, 0.4) is 0 Å². The Morgan fingerprint density at radius 3 is 2.22 bits per heavy atom. The Hall–Kier alpha value is -1.84. The molecule has 4 N–H and O–H groups in total. The van der Waals surface area contributed by atoms with E-state index in [-0.39, 0.29) is 6.54 Å². The maximum atomic E-state index is 10.2. The number of benzene rings is 2. The molecule has 0 aliphatic rings. The van der Waals surface area contributed by atoms with Crippen molar-refractivity contribution < 1.29 is 20.4 Å². The Bertz CT molecular complexity index is 770. The first kappa shape index (κ1) is 21.5. The molecule has 0 aliphatic carbocycles. The standard InChI is InChI=1S/C19H24BrN3O4/c1-12-3-8-16(9-13(12)2)23(10-17(25)19(27)18(26)11-24)22-21-15-6-4-14(20)5-7-15/h3-9,17-19,24-27H,10-11H2,1-2H3/t17-,18-,19+/m1/s1. The fraction of sp³-hybridized carbons (Fsp3) is 0.368. The Labute approximate surface area is 166 Å². The van der Waals surface area contributed by atoms with E-state index >= 15 is 0 Å². The molecule has 0 unspecified atom stereocenters. The Kier molecular flexibility index (Phi) is 7.88. The SMILES string of the molecule is Cc1ccc(N(C[C@@H](O)[C@H](O)[C@H](O)CO)N=Nc2ccc(Br)cc2)cc1C. The fourth-order valence-corrected chi connectivity index (χ4v) is 2.61. The number of rotatable bonds is 8. The Morgan fingerprint density at radius 2 is 1.63 bits per heavy atom. The van der Waals surface area contributed by atoms with Crippen LogP contribution in [0.15, 0.2) is 57.3 Å². The minimum atomic E-state index is -1.51. The van der Waals surface area contributed by atoms with Crippen LogP contribution in [0.2, 0.25) is 0 Å². The summed E-state index contributed by atoms with van der Waals surface area (Å²) < 4.78 is 0.920. The number of anilines is 1. The van der Waals surface area contributed by atoms with Crippen molar-refractivity contribution in [3.8, 4) is 0 Å². The van der Waals surface area contributed by atoms with Crippen LogP contribution in [0.1, 0.15) is 11.1 Å². The van der Waals surface area contributed by atoms with Crippen molar-refractivity contribution in [2.75, 3.05) is 18.2 Å². The van der Waals surface area contributed by atoms with Crippen molar-refractivity contribution in [2.24, 2.45) is 10.3 Å². The Balaban J connectivity index is 2.27. The molecule has 3 atom stereocenters. The van der Waals surface area contributed by atoms with Crippen molar-refractivity contribution in [1.29, 1.82) is 0 Å². The predicted octanol–water partition coefficient (Wildman–Crippen LogP) is 2.65.